The number of hydrogen-bond acceptors (Lipinski definition) is 1. The van der Waals surface area contributed by atoms with Gasteiger partial charge < -0.3 is 4.79 Å². The summed E-state index contributed by atoms with van der Waals surface area (Å²) in [5.74, 6) is 0.832. The standard InChI is InChI=1S/C15H24O/c1-12(9-11-16)7-8-14-13(2)6-5-10-15(14,3)4/h7-8,11-12,14H,2,5-6,9-10H2,1,3-4H3/b8-7+/t12-,14-/m0/s1. The van der Waals surface area contributed by atoms with Gasteiger partial charge in [-0.3, -0.25) is 0 Å². The Hall–Kier alpha value is -0.850. The summed E-state index contributed by atoms with van der Waals surface area (Å²) >= 11 is 0. The molecule has 0 saturated heterocycles. The van der Waals surface area contributed by atoms with Gasteiger partial charge in [0.2, 0.25) is 0 Å². The van der Waals surface area contributed by atoms with Crippen LogP contribution < -0.4 is 0 Å². The van der Waals surface area contributed by atoms with Gasteiger partial charge in [-0.2, -0.15) is 0 Å². The lowest BCUT2D eigenvalue weighted by atomic mass is 9.66. The first-order valence-electron chi connectivity index (χ1n) is 6.27. The minimum Gasteiger partial charge on any atom is -0.303 e. The predicted molar refractivity (Wildman–Crippen MR) is 69.2 cm³/mol. The van der Waals surface area contributed by atoms with Crippen molar-refractivity contribution in [2.75, 3.05) is 0 Å². The average Bonchev–Trinajstić information content (AvgIpc) is 2.16. The Labute approximate surface area is 99.6 Å². The SMILES string of the molecule is C=C1CCCC(C)(C)[C@H]1/C=C/[C@H](C)CC=O. The van der Waals surface area contributed by atoms with E-state index in [9.17, 15) is 4.79 Å². The van der Waals surface area contributed by atoms with Gasteiger partial charge in [0.15, 0.2) is 0 Å². The molecule has 0 bridgehead atoms. The maximum absolute atomic E-state index is 10.4. The zero-order chi connectivity index (χ0) is 12.2. The largest absolute Gasteiger partial charge is 0.303 e. The lowest BCUT2D eigenvalue weighted by molar-refractivity contribution is -0.108. The molecule has 1 fully saturated rings. The summed E-state index contributed by atoms with van der Waals surface area (Å²) in [5, 5.41) is 0. The molecule has 0 aromatic carbocycles. The maximum Gasteiger partial charge on any atom is 0.120 e. The fraction of sp³-hybridized carbons (Fsp3) is 0.667. The van der Waals surface area contributed by atoms with Crippen LogP contribution in [0.1, 0.15) is 46.5 Å². The molecular formula is C15H24O. The lowest BCUT2D eigenvalue weighted by Crippen LogP contribution is -2.28. The van der Waals surface area contributed by atoms with Crippen LogP contribution in [0.15, 0.2) is 24.3 Å². The minimum absolute atomic E-state index is 0.326. The third-order valence-corrected chi connectivity index (χ3v) is 3.70. The van der Waals surface area contributed by atoms with Gasteiger partial charge in [-0.25, -0.2) is 0 Å². The van der Waals surface area contributed by atoms with Crippen molar-refractivity contribution in [3.63, 3.8) is 0 Å². The van der Waals surface area contributed by atoms with Crippen LogP contribution in [0.2, 0.25) is 0 Å². The molecule has 0 aliphatic heterocycles. The number of carbonyl (C=O) groups is 1. The maximum atomic E-state index is 10.4. The molecule has 1 nitrogen and oxygen atoms in total. The molecule has 1 saturated carbocycles. The van der Waals surface area contributed by atoms with Gasteiger partial charge in [0.05, 0.1) is 0 Å². The van der Waals surface area contributed by atoms with E-state index in [4.69, 9.17) is 0 Å². The highest BCUT2D eigenvalue weighted by Gasteiger charge is 2.32. The fourth-order valence-electron chi connectivity index (χ4n) is 2.56. The molecule has 1 aliphatic rings. The zero-order valence-electron chi connectivity index (χ0n) is 10.8. The molecule has 1 heteroatoms. The highest BCUT2D eigenvalue weighted by molar-refractivity contribution is 5.50. The first kappa shape index (κ1) is 13.2. The minimum atomic E-state index is 0.326. The van der Waals surface area contributed by atoms with Crippen LogP contribution in [-0.2, 0) is 4.79 Å². The Morgan fingerprint density at radius 3 is 2.81 bits per heavy atom. The van der Waals surface area contributed by atoms with E-state index in [2.05, 4.69) is 39.5 Å². The smallest absolute Gasteiger partial charge is 0.120 e. The molecule has 0 unspecified atom stereocenters. The van der Waals surface area contributed by atoms with Crippen molar-refractivity contribution >= 4 is 6.29 Å². The van der Waals surface area contributed by atoms with Crippen LogP contribution >= 0.6 is 0 Å². The normalized spacial score (nSPS) is 26.9. The van der Waals surface area contributed by atoms with Gasteiger partial charge in [0.1, 0.15) is 6.29 Å². The zero-order valence-corrected chi connectivity index (χ0v) is 10.8. The molecule has 2 atom stereocenters. The lowest BCUT2D eigenvalue weighted by Gasteiger charge is -2.38. The van der Waals surface area contributed by atoms with Gasteiger partial charge in [0.25, 0.3) is 0 Å². The molecule has 0 aromatic rings. The summed E-state index contributed by atoms with van der Waals surface area (Å²) in [6.45, 7) is 10.9. The van der Waals surface area contributed by atoms with Crippen LogP contribution in [0.3, 0.4) is 0 Å². The van der Waals surface area contributed by atoms with Gasteiger partial charge in [-0.15, -0.1) is 0 Å². The first-order valence-corrected chi connectivity index (χ1v) is 6.27. The quantitative estimate of drug-likeness (QED) is 0.514. The van der Waals surface area contributed by atoms with Crippen LogP contribution in [0.4, 0.5) is 0 Å². The van der Waals surface area contributed by atoms with Crippen LogP contribution in [0.25, 0.3) is 0 Å². The van der Waals surface area contributed by atoms with Crippen molar-refractivity contribution in [1.82, 2.24) is 0 Å². The van der Waals surface area contributed by atoms with Gasteiger partial charge in [0, 0.05) is 12.3 Å². The van der Waals surface area contributed by atoms with E-state index in [0.717, 1.165) is 12.7 Å². The molecule has 1 rings (SSSR count). The Balaban J connectivity index is 2.68. The molecule has 0 N–H and O–H groups in total. The van der Waals surface area contributed by atoms with E-state index in [1.165, 1.54) is 18.4 Å². The molecule has 1 aliphatic carbocycles. The van der Waals surface area contributed by atoms with Crippen molar-refractivity contribution < 1.29 is 4.79 Å². The van der Waals surface area contributed by atoms with E-state index in [-0.39, 0.29) is 0 Å². The van der Waals surface area contributed by atoms with E-state index in [1.54, 1.807) is 0 Å². The summed E-state index contributed by atoms with van der Waals surface area (Å²) < 4.78 is 0. The molecule has 0 spiro atoms. The third-order valence-electron chi connectivity index (χ3n) is 3.70. The van der Waals surface area contributed by atoms with Crippen LogP contribution in [-0.4, -0.2) is 6.29 Å². The highest BCUT2D eigenvalue weighted by atomic mass is 16.1. The molecular weight excluding hydrogens is 196 g/mol. The number of rotatable bonds is 4. The third kappa shape index (κ3) is 3.33. The van der Waals surface area contributed by atoms with Crippen molar-refractivity contribution in [2.45, 2.75) is 46.5 Å². The summed E-state index contributed by atoms with van der Waals surface area (Å²) in [6.07, 6.45) is 9.75. The monoisotopic (exact) mass is 220 g/mol. The topological polar surface area (TPSA) is 17.1 Å². The van der Waals surface area contributed by atoms with E-state index < -0.39 is 0 Å². The van der Waals surface area contributed by atoms with Gasteiger partial charge in [-0.1, -0.05) is 45.1 Å². The summed E-state index contributed by atoms with van der Waals surface area (Å²) in [6, 6.07) is 0. The summed E-state index contributed by atoms with van der Waals surface area (Å²) in [4.78, 5) is 10.4. The van der Waals surface area contributed by atoms with Gasteiger partial charge in [-0.05, 0) is 30.6 Å². The van der Waals surface area contributed by atoms with Gasteiger partial charge >= 0.3 is 0 Å². The molecule has 16 heavy (non-hydrogen) atoms. The predicted octanol–water partition coefficient (Wildman–Crippen LogP) is 4.15. The molecule has 90 valence electrons. The Morgan fingerprint density at radius 2 is 2.25 bits per heavy atom. The second-order valence-corrected chi connectivity index (χ2v) is 5.74. The Kier molecular flexibility index (Phi) is 4.52. The summed E-state index contributed by atoms with van der Waals surface area (Å²) in [5.41, 5.74) is 1.68. The fourth-order valence-corrected chi connectivity index (χ4v) is 2.56. The average molecular weight is 220 g/mol. The summed E-state index contributed by atoms with van der Waals surface area (Å²) in [7, 11) is 0. The molecule has 0 amide bonds. The number of aldehydes is 1. The first-order chi connectivity index (χ1) is 7.47. The Bertz CT molecular complexity index is 286. The number of carbonyl (C=O) groups excluding carboxylic acids is 1. The van der Waals surface area contributed by atoms with E-state index in [1.807, 2.05) is 0 Å². The second kappa shape index (κ2) is 5.47. The van der Waals surface area contributed by atoms with Crippen molar-refractivity contribution in [3.8, 4) is 0 Å². The second-order valence-electron chi connectivity index (χ2n) is 5.74. The van der Waals surface area contributed by atoms with E-state index >= 15 is 0 Å². The van der Waals surface area contributed by atoms with Crippen molar-refractivity contribution in [1.29, 1.82) is 0 Å². The van der Waals surface area contributed by atoms with Crippen molar-refractivity contribution in [3.05, 3.63) is 24.3 Å². The van der Waals surface area contributed by atoms with Crippen LogP contribution in [0, 0.1) is 17.3 Å². The molecule has 0 aromatic heterocycles. The molecule has 0 radical (unpaired) electrons. The molecule has 0 heterocycles. The Morgan fingerprint density at radius 1 is 1.56 bits per heavy atom. The van der Waals surface area contributed by atoms with Crippen LogP contribution in [0.5, 0.6) is 0 Å². The number of hydrogen-bond donors (Lipinski definition) is 0. The van der Waals surface area contributed by atoms with Crippen molar-refractivity contribution in [2.24, 2.45) is 17.3 Å². The van der Waals surface area contributed by atoms with E-state index in [0.29, 0.717) is 23.7 Å². The number of allylic oxidation sites excluding steroid dienone is 3. The highest BCUT2D eigenvalue weighted by Crippen LogP contribution is 2.43.